The molecule has 0 unspecified atom stereocenters. The van der Waals surface area contributed by atoms with Crippen molar-refractivity contribution in [1.29, 1.82) is 0 Å². The molecule has 2 rings (SSSR count). The predicted molar refractivity (Wildman–Crippen MR) is 83.3 cm³/mol. The van der Waals surface area contributed by atoms with E-state index in [1.165, 1.54) is 11.1 Å². The number of nitrogens with zero attached hydrogens (tertiary/aromatic N) is 1. The maximum atomic E-state index is 11.4. The number of rotatable bonds is 4. The molecule has 1 fully saturated rings. The van der Waals surface area contributed by atoms with Crippen LogP contribution in [0.1, 0.15) is 17.7 Å². The summed E-state index contributed by atoms with van der Waals surface area (Å²) in [5.41, 5.74) is 0. The standard InChI is InChI=1S/C11H16BrClN2O2S2/c1-19(16,17)15-4-2-8(3-5-15)14-7-9-6-10(12)11(13)18-9/h6,8,14H,2-5,7H2,1H3. The summed E-state index contributed by atoms with van der Waals surface area (Å²) in [4.78, 5) is 1.18. The lowest BCUT2D eigenvalue weighted by atomic mass is 10.1. The van der Waals surface area contributed by atoms with Crippen molar-refractivity contribution in [1.82, 2.24) is 9.62 Å². The Balaban J connectivity index is 1.80. The first kappa shape index (κ1) is 15.7. The van der Waals surface area contributed by atoms with Crippen molar-refractivity contribution < 1.29 is 8.42 Å². The molecule has 4 nitrogen and oxygen atoms in total. The normalized spacial score (nSPS) is 18.9. The second kappa shape index (κ2) is 6.41. The highest BCUT2D eigenvalue weighted by Gasteiger charge is 2.24. The van der Waals surface area contributed by atoms with Gasteiger partial charge in [0.25, 0.3) is 0 Å². The summed E-state index contributed by atoms with van der Waals surface area (Å²) in [5, 5.41) is 3.46. The molecule has 1 N–H and O–H groups in total. The molecular weight excluding hydrogens is 372 g/mol. The molecule has 0 saturated carbocycles. The van der Waals surface area contributed by atoms with Gasteiger partial charge in [0.05, 0.1) is 6.26 Å². The molecule has 0 spiro atoms. The molecule has 1 saturated heterocycles. The Morgan fingerprint density at radius 1 is 1.53 bits per heavy atom. The molecule has 108 valence electrons. The molecule has 1 aromatic heterocycles. The van der Waals surface area contributed by atoms with Gasteiger partial charge >= 0.3 is 0 Å². The minimum Gasteiger partial charge on any atom is -0.309 e. The van der Waals surface area contributed by atoms with E-state index >= 15 is 0 Å². The van der Waals surface area contributed by atoms with E-state index in [9.17, 15) is 8.42 Å². The fraction of sp³-hybridized carbons (Fsp3) is 0.636. The lowest BCUT2D eigenvalue weighted by Gasteiger charge is -2.30. The third kappa shape index (κ3) is 4.41. The summed E-state index contributed by atoms with van der Waals surface area (Å²) in [6, 6.07) is 2.39. The van der Waals surface area contributed by atoms with Gasteiger partial charge in [-0.15, -0.1) is 11.3 Å². The van der Waals surface area contributed by atoms with Crippen LogP contribution in [0, 0.1) is 0 Å². The van der Waals surface area contributed by atoms with Gasteiger partial charge in [-0.1, -0.05) is 11.6 Å². The number of thiophene rings is 1. The summed E-state index contributed by atoms with van der Waals surface area (Å²) >= 11 is 10.9. The van der Waals surface area contributed by atoms with Crippen LogP contribution in [-0.2, 0) is 16.6 Å². The zero-order valence-corrected chi connectivity index (χ0v) is 14.5. The van der Waals surface area contributed by atoms with Gasteiger partial charge in [-0.2, -0.15) is 0 Å². The zero-order valence-electron chi connectivity index (χ0n) is 10.5. The van der Waals surface area contributed by atoms with Gasteiger partial charge in [-0.05, 0) is 34.8 Å². The van der Waals surface area contributed by atoms with Crippen LogP contribution in [-0.4, -0.2) is 38.1 Å². The third-order valence-electron chi connectivity index (χ3n) is 3.18. The fourth-order valence-corrected chi connectivity index (χ4v) is 4.73. The highest BCUT2D eigenvalue weighted by Crippen LogP contribution is 2.32. The van der Waals surface area contributed by atoms with E-state index in [1.54, 1.807) is 15.6 Å². The van der Waals surface area contributed by atoms with Gasteiger partial charge in [0.2, 0.25) is 10.0 Å². The number of sulfonamides is 1. The quantitative estimate of drug-likeness (QED) is 0.864. The molecule has 1 aromatic rings. The SMILES string of the molecule is CS(=O)(=O)N1CCC(NCc2cc(Br)c(Cl)s2)CC1. The van der Waals surface area contributed by atoms with E-state index in [0.29, 0.717) is 19.1 Å². The molecule has 0 aromatic carbocycles. The van der Waals surface area contributed by atoms with Crippen molar-refractivity contribution in [3.05, 3.63) is 19.8 Å². The number of nitrogens with one attached hydrogen (secondary N) is 1. The molecular formula is C11H16BrClN2O2S2. The van der Waals surface area contributed by atoms with Crippen molar-refractivity contribution in [2.24, 2.45) is 0 Å². The molecule has 0 atom stereocenters. The zero-order chi connectivity index (χ0) is 14.0. The Morgan fingerprint density at radius 2 is 2.16 bits per heavy atom. The molecule has 8 heteroatoms. The number of piperidine rings is 1. The van der Waals surface area contributed by atoms with Crippen LogP contribution >= 0.6 is 38.9 Å². The van der Waals surface area contributed by atoms with Crippen molar-refractivity contribution in [2.75, 3.05) is 19.3 Å². The van der Waals surface area contributed by atoms with Crippen LogP contribution in [0.15, 0.2) is 10.5 Å². The highest BCUT2D eigenvalue weighted by molar-refractivity contribution is 9.10. The summed E-state index contributed by atoms with van der Waals surface area (Å²) in [6.07, 6.45) is 2.98. The van der Waals surface area contributed by atoms with E-state index in [0.717, 1.165) is 28.2 Å². The first-order valence-corrected chi connectivity index (χ1v) is 9.82. The molecule has 2 heterocycles. The minimum atomic E-state index is -3.03. The molecule has 1 aliphatic rings. The topological polar surface area (TPSA) is 49.4 Å². The summed E-state index contributed by atoms with van der Waals surface area (Å²) in [7, 11) is -3.03. The molecule has 0 bridgehead atoms. The summed E-state index contributed by atoms with van der Waals surface area (Å²) in [5.74, 6) is 0. The second-order valence-corrected chi connectivity index (χ2v) is 9.23. The van der Waals surface area contributed by atoms with E-state index in [4.69, 9.17) is 11.6 Å². The molecule has 0 amide bonds. The Labute approximate surface area is 131 Å². The minimum absolute atomic E-state index is 0.373. The first-order valence-electron chi connectivity index (χ1n) is 5.98. The number of hydrogen-bond donors (Lipinski definition) is 1. The van der Waals surface area contributed by atoms with Crippen LogP contribution in [0.4, 0.5) is 0 Å². The van der Waals surface area contributed by atoms with Crippen molar-refractivity contribution in [3.63, 3.8) is 0 Å². The van der Waals surface area contributed by atoms with Crippen molar-refractivity contribution in [3.8, 4) is 0 Å². The van der Waals surface area contributed by atoms with Gasteiger partial charge in [-0.25, -0.2) is 12.7 Å². The Bertz CT molecular complexity index is 519. The van der Waals surface area contributed by atoms with Gasteiger partial charge < -0.3 is 5.32 Å². The third-order valence-corrected chi connectivity index (χ3v) is 6.96. The van der Waals surface area contributed by atoms with Crippen molar-refractivity contribution in [2.45, 2.75) is 25.4 Å². The Hall–Kier alpha value is 0.340. The summed E-state index contributed by atoms with van der Waals surface area (Å²) in [6.45, 7) is 1.98. The van der Waals surface area contributed by atoms with Crippen LogP contribution in [0.2, 0.25) is 4.34 Å². The average Bonchev–Trinajstić information content (AvgIpc) is 2.66. The van der Waals surface area contributed by atoms with Crippen LogP contribution in [0.3, 0.4) is 0 Å². The van der Waals surface area contributed by atoms with E-state index < -0.39 is 10.0 Å². The smallest absolute Gasteiger partial charge is 0.211 e. The Morgan fingerprint density at radius 3 is 2.63 bits per heavy atom. The molecule has 19 heavy (non-hydrogen) atoms. The van der Waals surface area contributed by atoms with Gasteiger partial charge in [0.1, 0.15) is 4.34 Å². The molecule has 1 aliphatic heterocycles. The van der Waals surface area contributed by atoms with Crippen LogP contribution < -0.4 is 5.32 Å². The maximum Gasteiger partial charge on any atom is 0.211 e. The maximum absolute atomic E-state index is 11.4. The average molecular weight is 388 g/mol. The largest absolute Gasteiger partial charge is 0.309 e. The van der Waals surface area contributed by atoms with Gasteiger partial charge in [-0.3, -0.25) is 0 Å². The highest BCUT2D eigenvalue weighted by atomic mass is 79.9. The first-order chi connectivity index (χ1) is 8.86. The Kier molecular flexibility index (Phi) is 5.30. The number of halogens is 2. The lowest BCUT2D eigenvalue weighted by Crippen LogP contribution is -2.44. The fourth-order valence-electron chi connectivity index (χ4n) is 2.12. The van der Waals surface area contributed by atoms with Crippen LogP contribution in [0.5, 0.6) is 0 Å². The monoisotopic (exact) mass is 386 g/mol. The van der Waals surface area contributed by atoms with E-state index in [-0.39, 0.29) is 0 Å². The predicted octanol–water partition coefficient (Wildman–Crippen LogP) is 2.68. The lowest BCUT2D eigenvalue weighted by molar-refractivity contribution is 0.290. The molecule has 0 radical (unpaired) electrons. The second-order valence-electron chi connectivity index (χ2n) is 4.65. The number of hydrogen-bond acceptors (Lipinski definition) is 4. The van der Waals surface area contributed by atoms with Crippen LogP contribution in [0.25, 0.3) is 0 Å². The van der Waals surface area contributed by atoms with Gasteiger partial charge in [0.15, 0.2) is 0 Å². The van der Waals surface area contributed by atoms with E-state index in [1.807, 2.05) is 6.07 Å². The van der Waals surface area contributed by atoms with Gasteiger partial charge in [0, 0.05) is 35.0 Å². The molecule has 0 aliphatic carbocycles. The van der Waals surface area contributed by atoms with Crippen molar-refractivity contribution >= 4 is 48.9 Å². The van der Waals surface area contributed by atoms with E-state index in [2.05, 4.69) is 21.2 Å². The summed E-state index contributed by atoms with van der Waals surface area (Å²) < 4.78 is 26.0.